The van der Waals surface area contributed by atoms with Crippen LogP contribution in [-0.4, -0.2) is 49.2 Å². The van der Waals surface area contributed by atoms with E-state index in [0.29, 0.717) is 0 Å². The Morgan fingerprint density at radius 3 is 2.53 bits per heavy atom. The molecule has 4 nitrogen and oxygen atoms in total. The van der Waals surface area contributed by atoms with Gasteiger partial charge in [0.05, 0.1) is 13.2 Å². The Bertz CT molecular complexity index is 269. The van der Waals surface area contributed by atoms with Gasteiger partial charge in [-0.05, 0) is 26.7 Å². The molecule has 2 aliphatic rings. The zero-order valence-corrected chi connectivity index (χ0v) is 11.0. The van der Waals surface area contributed by atoms with E-state index in [4.69, 9.17) is 4.74 Å². The second kappa shape index (κ2) is 5.36. The third kappa shape index (κ3) is 3.19. The predicted octanol–water partition coefficient (Wildman–Crippen LogP) is 1.01. The van der Waals surface area contributed by atoms with Crippen LogP contribution >= 0.6 is 0 Å². The van der Waals surface area contributed by atoms with Crippen molar-refractivity contribution in [3.63, 3.8) is 0 Å². The zero-order valence-electron chi connectivity index (χ0n) is 11.0. The number of hydrogen-bond acceptors (Lipinski definition) is 3. The van der Waals surface area contributed by atoms with Gasteiger partial charge in [-0.3, -0.25) is 9.69 Å². The molecule has 0 atom stereocenters. The topological polar surface area (TPSA) is 41.6 Å². The Labute approximate surface area is 104 Å². The standard InChI is InChI=1S/C13H24N2O2/c1-13(2,15-6-8-17-9-7-15)10-14-12(16)11-4-3-5-11/h11H,3-10H2,1-2H3,(H,14,16). The summed E-state index contributed by atoms with van der Waals surface area (Å²) in [6.45, 7) is 8.67. The summed E-state index contributed by atoms with van der Waals surface area (Å²) in [5.74, 6) is 0.535. The largest absolute Gasteiger partial charge is 0.379 e. The van der Waals surface area contributed by atoms with E-state index in [9.17, 15) is 4.79 Å². The first kappa shape index (κ1) is 12.8. The number of hydrogen-bond donors (Lipinski definition) is 1. The molecule has 1 amide bonds. The predicted molar refractivity (Wildman–Crippen MR) is 66.8 cm³/mol. The molecule has 0 aromatic rings. The van der Waals surface area contributed by atoms with Gasteiger partial charge in [-0.2, -0.15) is 0 Å². The minimum atomic E-state index is 0.0309. The summed E-state index contributed by atoms with van der Waals surface area (Å²) in [5, 5.41) is 3.10. The molecule has 1 saturated carbocycles. The average molecular weight is 240 g/mol. The highest BCUT2D eigenvalue weighted by Gasteiger charge is 2.31. The Hall–Kier alpha value is -0.610. The molecule has 98 valence electrons. The normalized spacial score (nSPS) is 23.2. The molecule has 0 spiro atoms. The van der Waals surface area contributed by atoms with Gasteiger partial charge < -0.3 is 10.1 Å². The lowest BCUT2D eigenvalue weighted by Crippen LogP contribution is -2.56. The van der Waals surface area contributed by atoms with Gasteiger partial charge in [0, 0.05) is 31.1 Å². The van der Waals surface area contributed by atoms with Crippen molar-refractivity contribution in [2.45, 2.75) is 38.6 Å². The average Bonchev–Trinajstić information content (AvgIpc) is 2.25. The molecule has 1 aliphatic carbocycles. The highest BCUT2D eigenvalue weighted by Crippen LogP contribution is 2.26. The molecule has 0 unspecified atom stereocenters. The van der Waals surface area contributed by atoms with Gasteiger partial charge in [0.2, 0.25) is 5.91 Å². The number of rotatable bonds is 4. The summed E-state index contributed by atoms with van der Waals surface area (Å²) < 4.78 is 5.36. The van der Waals surface area contributed by atoms with Crippen LogP contribution in [-0.2, 0) is 9.53 Å². The molecule has 4 heteroatoms. The molecule has 0 aromatic carbocycles. The number of carbonyl (C=O) groups excluding carboxylic acids is 1. The molecule has 0 bridgehead atoms. The van der Waals surface area contributed by atoms with Crippen LogP contribution < -0.4 is 5.32 Å². The number of nitrogens with one attached hydrogen (secondary N) is 1. The van der Waals surface area contributed by atoms with Crippen LogP contribution in [0.1, 0.15) is 33.1 Å². The molecule has 1 saturated heterocycles. The van der Waals surface area contributed by atoms with E-state index in [1.54, 1.807) is 0 Å². The fraction of sp³-hybridized carbons (Fsp3) is 0.923. The van der Waals surface area contributed by atoms with Gasteiger partial charge in [-0.1, -0.05) is 6.42 Å². The first-order valence-corrected chi connectivity index (χ1v) is 6.70. The fourth-order valence-electron chi connectivity index (χ4n) is 2.40. The van der Waals surface area contributed by atoms with E-state index < -0.39 is 0 Å². The number of ether oxygens (including phenoxy) is 1. The molecule has 17 heavy (non-hydrogen) atoms. The van der Waals surface area contributed by atoms with E-state index in [2.05, 4.69) is 24.1 Å². The Balaban J connectivity index is 1.77. The number of carbonyl (C=O) groups is 1. The van der Waals surface area contributed by atoms with E-state index in [0.717, 1.165) is 45.7 Å². The van der Waals surface area contributed by atoms with Crippen LogP contribution in [0, 0.1) is 5.92 Å². The van der Waals surface area contributed by atoms with Crippen molar-refractivity contribution in [2.75, 3.05) is 32.8 Å². The lowest BCUT2D eigenvalue weighted by molar-refractivity contribution is -0.128. The molecular formula is C13H24N2O2. The lowest BCUT2D eigenvalue weighted by Gasteiger charge is -2.41. The fourth-order valence-corrected chi connectivity index (χ4v) is 2.40. The molecule has 2 fully saturated rings. The van der Waals surface area contributed by atoms with Crippen LogP contribution in [0.25, 0.3) is 0 Å². The molecule has 1 heterocycles. The van der Waals surface area contributed by atoms with Crippen molar-refractivity contribution in [3.05, 3.63) is 0 Å². The number of morpholine rings is 1. The molecule has 0 radical (unpaired) electrons. The SMILES string of the molecule is CC(C)(CNC(=O)C1CCC1)N1CCOCC1. The van der Waals surface area contributed by atoms with Gasteiger partial charge >= 0.3 is 0 Å². The summed E-state index contributed by atoms with van der Waals surface area (Å²) in [6, 6.07) is 0. The Morgan fingerprint density at radius 2 is 2.00 bits per heavy atom. The van der Waals surface area contributed by atoms with Crippen LogP contribution in [0.2, 0.25) is 0 Å². The van der Waals surface area contributed by atoms with Crippen LogP contribution in [0.15, 0.2) is 0 Å². The molecule has 1 aliphatic heterocycles. The van der Waals surface area contributed by atoms with Crippen molar-refractivity contribution in [1.29, 1.82) is 0 Å². The van der Waals surface area contributed by atoms with E-state index in [-0.39, 0.29) is 17.4 Å². The summed E-state index contributed by atoms with van der Waals surface area (Å²) in [4.78, 5) is 14.2. The zero-order chi connectivity index (χ0) is 12.3. The van der Waals surface area contributed by atoms with Crippen molar-refractivity contribution in [1.82, 2.24) is 10.2 Å². The third-order valence-corrected chi connectivity index (χ3v) is 4.04. The van der Waals surface area contributed by atoms with Crippen LogP contribution in [0.3, 0.4) is 0 Å². The Kier molecular flexibility index (Phi) is 4.05. The third-order valence-electron chi connectivity index (χ3n) is 4.04. The minimum absolute atomic E-state index is 0.0309. The number of amides is 1. The summed E-state index contributed by atoms with van der Waals surface area (Å²) >= 11 is 0. The summed E-state index contributed by atoms with van der Waals surface area (Å²) in [6.07, 6.45) is 3.36. The second-order valence-corrected chi connectivity index (χ2v) is 5.76. The van der Waals surface area contributed by atoms with Crippen LogP contribution in [0.4, 0.5) is 0 Å². The first-order chi connectivity index (χ1) is 8.09. The highest BCUT2D eigenvalue weighted by atomic mass is 16.5. The van der Waals surface area contributed by atoms with Crippen molar-refractivity contribution >= 4 is 5.91 Å². The van der Waals surface area contributed by atoms with E-state index in [1.165, 1.54) is 6.42 Å². The molecule has 2 rings (SSSR count). The minimum Gasteiger partial charge on any atom is -0.379 e. The summed E-state index contributed by atoms with van der Waals surface area (Å²) in [7, 11) is 0. The van der Waals surface area contributed by atoms with Crippen molar-refractivity contribution in [3.8, 4) is 0 Å². The van der Waals surface area contributed by atoms with E-state index in [1.807, 2.05) is 0 Å². The quantitative estimate of drug-likeness (QED) is 0.797. The highest BCUT2D eigenvalue weighted by molar-refractivity contribution is 5.79. The molecule has 1 N–H and O–H groups in total. The number of nitrogens with zero attached hydrogens (tertiary/aromatic N) is 1. The van der Waals surface area contributed by atoms with Gasteiger partial charge in [0.1, 0.15) is 0 Å². The maximum absolute atomic E-state index is 11.8. The maximum Gasteiger partial charge on any atom is 0.223 e. The van der Waals surface area contributed by atoms with E-state index >= 15 is 0 Å². The Morgan fingerprint density at radius 1 is 1.35 bits per heavy atom. The van der Waals surface area contributed by atoms with Gasteiger partial charge in [-0.15, -0.1) is 0 Å². The van der Waals surface area contributed by atoms with Gasteiger partial charge in [0.15, 0.2) is 0 Å². The van der Waals surface area contributed by atoms with Crippen molar-refractivity contribution < 1.29 is 9.53 Å². The van der Waals surface area contributed by atoms with Gasteiger partial charge in [0.25, 0.3) is 0 Å². The molecule has 0 aromatic heterocycles. The van der Waals surface area contributed by atoms with Gasteiger partial charge in [-0.25, -0.2) is 0 Å². The lowest BCUT2D eigenvalue weighted by atomic mass is 9.84. The van der Waals surface area contributed by atoms with Crippen LogP contribution in [0.5, 0.6) is 0 Å². The second-order valence-electron chi connectivity index (χ2n) is 5.76. The monoisotopic (exact) mass is 240 g/mol. The molecular weight excluding hydrogens is 216 g/mol. The first-order valence-electron chi connectivity index (χ1n) is 6.70. The smallest absolute Gasteiger partial charge is 0.223 e. The van der Waals surface area contributed by atoms with Crippen molar-refractivity contribution in [2.24, 2.45) is 5.92 Å². The maximum atomic E-state index is 11.8. The summed E-state index contributed by atoms with van der Waals surface area (Å²) in [5.41, 5.74) is 0.0309.